The summed E-state index contributed by atoms with van der Waals surface area (Å²) in [6.07, 6.45) is 6.36. The van der Waals surface area contributed by atoms with Crippen LogP contribution in [0.4, 0.5) is 11.6 Å². The Hall–Kier alpha value is -1.36. The minimum atomic E-state index is -0.534. The number of hydrogen-bond acceptors (Lipinski definition) is 5. The molecular weight excluding hydrogens is 264 g/mol. The van der Waals surface area contributed by atoms with E-state index in [1.165, 1.54) is 12.8 Å². The van der Waals surface area contributed by atoms with E-state index in [0.29, 0.717) is 12.5 Å². The molecule has 116 valence electrons. The molecule has 2 aliphatic carbocycles. The molecule has 0 atom stereocenters. The van der Waals surface area contributed by atoms with Crippen molar-refractivity contribution in [2.24, 2.45) is 0 Å². The zero-order valence-corrected chi connectivity index (χ0v) is 13.1. The van der Waals surface area contributed by atoms with E-state index in [2.05, 4.69) is 22.5 Å². The fraction of sp³-hybridized carbons (Fsp3) is 0.750. The molecule has 0 unspecified atom stereocenters. The molecule has 0 amide bonds. The lowest BCUT2D eigenvalue weighted by molar-refractivity contribution is -0.0202. The van der Waals surface area contributed by atoms with Gasteiger partial charge in [0.1, 0.15) is 17.5 Å². The Kier molecular flexibility index (Phi) is 4.02. The van der Waals surface area contributed by atoms with E-state index in [-0.39, 0.29) is 0 Å². The Morgan fingerprint density at radius 1 is 1.19 bits per heavy atom. The summed E-state index contributed by atoms with van der Waals surface area (Å²) in [7, 11) is 0. The average molecular weight is 290 g/mol. The van der Waals surface area contributed by atoms with Gasteiger partial charge in [-0.3, -0.25) is 0 Å². The number of aliphatic hydroxyl groups is 1. The lowest BCUT2D eigenvalue weighted by Crippen LogP contribution is -2.43. The van der Waals surface area contributed by atoms with Gasteiger partial charge in [-0.05, 0) is 45.4 Å². The largest absolute Gasteiger partial charge is 0.388 e. The van der Waals surface area contributed by atoms with Crippen molar-refractivity contribution in [2.75, 3.05) is 23.7 Å². The summed E-state index contributed by atoms with van der Waals surface area (Å²) in [6, 6.07) is 0. The van der Waals surface area contributed by atoms with E-state index in [0.717, 1.165) is 55.3 Å². The van der Waals surface area contributed by atoms with Gasteiger partial charge in [-0.2, -0.15) is 0 Å². The van der Waals surface area contributed by atoms with Crippen molar-refractivity contribution in [2.45, 2.75) is 63.9 Å². The van der Waals surface area contributed by atoms with Crippen LogP contribution in [0.2, 0.25) is 0 Å². The quantitative estimate of drug-likeness (QED) is 0.720. The van der Waals surface area contributed by atoms with Crippen LogP contribution in [0.5, 0.6) is 0 Å². The first-order valence-corrected chi connectivity index (χ1v) is 8.20. The summed E-state index contributed by atoms with van der Waals surface area (Å²) in [5.41, 5.74) is 0.518. The van der Waals surface area contributed by atoms with Crippen LogP contribution in [0.25, 0.3) is 0 Å². The van der Waals surface area contributed by atoms with Crippen LogP contribution in [-0.2, 0) is 0 Å². The number of nitrogens with one attached hydrogen (secondary N) is 2. The van der Waals surface area contributed by atoms with E-state index < -0.39 is 5.60 Å². The molecule has 2 saturated carbocycles. The lowest BCUT2D eigenvalue weighted by atomic mass is 9.80. The number of nitrogens with zero attached hydrogens (tertiary/aromatic N) is 2. The smallest absolute Gasteiger partial charge is 0.136 e. The van der Waals surface area contributed by atoms with E-state index >= 15 is 0 Å². The molecule has 21 heavy (non-hydrogen) atoms. The minimum absolute atomic E-state index is 0.528. The van der Waals surface area contributed by atoms with Gasteiger partial charge < -0.3 is 15.7 Å². The summed E-state index contributed by atoms with van der Waals surface area (Å²) in [6.45, 7) is 5.70. The molecule has 1 aromatic rings. The Morgan fingerprint density at radius 2 is 1.86 bits per heavy atom. The fourth-order valence-electron chi connectivity index (χ4n) is 2.66. The summed E-state index contributed by atoms with van der Waals surface area (Å²) in [5.74, 6) is 3.30. The van der Waals surface area contributed by atoms with Crippen molar-refractivity contribution in [3.63, 3.8) is 0 Å². The molecule has 1 heterocycles. The maximum absolute atomic E-state index is 10.2. The van der Waals surface area contributed by atoms with Crippen LogP contribution >= 0.6 is 0 Å². The van der Waals surface area contributed by atoms with Crippen molar-refractivity contribution in [1.82, 2.24) is 9.97 Å². The Balaban J connectivity index is 1.77. The van der Waals surface area contributed by atoms with E-state index in [1.54, 1.807) is 0 Å². The molecule has 0 bridgehead atoms. The van der Waals surface area contributed by atoms with Gasteiger partial charge in [-0.15, -0.1) is 0 Å². The number of hydrogen-bond donors (Lipinski definition) is 3. The lowest BCUT2D eigenvalue weighted by Gasteiger charge is -2.36. The molecule has 3 rings (SSSR count). The second-order valence-electron chi connectivity index (χ2n) is 6.54. The molecule has 2 aliphatic rings. The highest BCUT2D eigenvalue weighted by Gasteiger charge is 2.34. The molecule has 0 aromatic carbocycles. The number of aromatic nitrogens is 2. The van der Waals surface area contributed by atoms with Crippen molar-refractivity contribution in [1.29, 1.82) is 0 Å². The monoisotopic (exact) mass is 290 g/mol. The molecular formula is C16H26N4O. The average Bonchev–Trinajstić information content (AvgIpc) is 3.27. The van der Waals surface area contributed by atoms with Gasteiger partial charge in [0.25, 0.3) is 0 Å². The number of anilines is 2. The summed E-state index contributed by atoms with van der Waals surface area (Å²) in [4.78, 5) is 9.38. The predicted molar refractivity (Wildman–Crippen MR) is 84.8 cm³/mol. The third-order valence-corrected chi connectivity index (χ3v) is 4.52. The topological polar surface area (TPSA) is 70.1 Å². The second-order valence-corrected chi connectivity index (χ2v) is 6.54. The summed E-state index contributed by atoms with van der Waals surface area (Å²) < 4.78 is 0. The van der Waals surface area contributed by atoms with Crippen LogP contribution in [0.1, 0.15) is 62.8 Å². The van der Waals surface area contributed by atoms with Crippen LogP contribution in [-0.4, -0.2) is 33.8 Å². The maximum atomic E-state index is 10.2. The fourth-order valence-corrected chi connectivity index (χ4v) is 2.66. The molecule has 2 fully saturated rings. The molecule has 0 aliphatic heterocycles. The SMILES string of the molecule is CCCNc1nc(C2CC2)nc(NCC2(O)CCC2)c1C. The third-order valence-electron chi connectivity index (χ3n) is 4.52. The summed E-state index contributed by atoms with van der Waals surface area (Å²) in [5, 5.41) is 17.0. The predicted octanol–water partition coefficient (Wildman–Crippen LogP) is 2.81. The Morgan fingerprint density at radius 3 is 2.38 bits per heavy atom. The van der Waals surface area contributed by atoms with Crippen molar-refractivity contribution in [3.05, 3.63) is 11.4 Å². The van der Waals surface area contributed by atoms with Gasteiger partial charge in [0.15, 0.2) is 0 Å². The van der Waals surface area contributed by atoms with E-state index in [4.69, 9.17) is 4.98 Å². The van der Waals surface area contributed by atoms with Crippen molar-refractivity contribution in [3.8, 4) is 0 Å². The van der Waals surface area contributed by atoms with E-state index in [1.807, 2.05) is 6.92 Å². The maximum Gasteiger partial charge on any atom is 0.136 e. The molecule has 5 heteroatoms. The van der Waals surface area contributed by atoms with Gasteiger partial charge in [-0.1, -0.05) is 6.92 Å². The second kappa shape index (κ2) is 5.79. The van der Waals surface area contributed by atoms with E-state index in [9.17, 15) is 5.11 Å². The zero-order chi connectivity index (χ0) is 14.9. The van der Waals surface area contributed by atoms with Gasteiger partial charge >= 0.3 is 0 Å². The highest BCUT2D eigenvalue weighted by Crippen LogP contribution is 2.40. The first-order chi connectivity index (χ1) is 10.1. The van der Waals surface area contributed by atoms with Crippen molar-refractivity contribution >= 4 is 11.6 Å². The first kappa shape index (κ1) is 14.6. The van der Waals surface area contributed by atoms with Gasteiger partial charge in [0.2, 0.25) is 0 Å². The highest BCUT2D eigenvalue weighted by molar-refractivity contribution is 5.57. The molecule has 5 nitrogen and oxygen atoms in total. The summed E-state index contributed by atoms with van der Waals surface area (Å²) >= 11 is 0. The van der Waals surface area contributed by atoms with Crippen LogP contribution < -0.4 is 10.6 Å². The minimum Gasteiger partial charge on any atom is -0.388 e. The molecule has 0 radical (unpaired) electrons. The molecule has 0 saturated heterocycles. The van der Waals surface area contributed by atoms with Crippen LogP contribution in [0.3, 0.4) is 0 Å². The molecule has 0 spiro atoms. The Bertz CT molecular complexity index is 509. The standard InChI is InChI=1S/C16H26N4O/c1-3-9-17-13-11(2)14(18-10-16(21)7-4-8-16)20-15(19-13)12-5-6-12/h12,21H,3-10H2,1-2H3,(H2,17,18,19,20). The highest BCUT2D eigenvalue weighted by atomic mass is 16.3. The van der Waals surface area contributed by atoms with Crippen molar-refractivity contribution < 1.29 is 5.11 Å². The molecule has 1 aromatic heterocycles. The van der Waals surface area contributed by atoms with Crippen LogP contribution in [0, 0.1) is 6.92 Å². The van der Waals surface area contributed by atoms with Crippen LogP contribution in [0.15, 0.2) is 0 Å². The zero-order valence-electron chi connectivity index (χ0n) is 13.1. The Labute approximate surface area is 126 Å². The molecule has 3 N–H and O–H groups in total. The van der Waals surface area contributed by atoms with Gasteiger partial charge in [0.05, 0.1) is 5.60 Å². The normalized spacial score (nSPS) is 20.0. The van der Waals surface area contributed by atoms with Gasteiger partial charge in [0, 0.05) is 24.6 Å². The number of rotatable bonds is 7. The van der Waals surface area contributed by atoms with Gasteiger partial charge in [-0.25, -0.2) is 9.97 Å². The third kappa shape index (κ3) is 3.28. The first-order valence-electron chi connectivity index (χ1n) is 8.20.